The van der Waals surface area contributed by atoms with Crippen molar-refractivity contribution in [3.8, 4) is 11.5 Å². The van der Waals surface area contributed by atoms with E-state index < -0.39 is 5.97 Å². The van der Waals surface area contributed by atoms with Gasteiger partial charge in [-0.25, -0.2) is 4.79 Å². The van der Waals surface area contributed by atoms with Gasteiger partial charge in [0, 0.05) is 23.5 Å². The van der Waals surface area contributed by atoms with Crippen LogP contribution in [-0.2, 0) is 9.53 Å². The average molecular weight is 368 g/mol. The molecule has 0 bridgehead atoms. The second-order valence-electron chi connectivity index (χ2n) is 5.69. The van der Waals surface area contributed by atoms with Gasteiger partial charge in [0.1, 0.15) is 13.2 Å². The molecule has 1 aliphatic rings. The predicted octanol–water partition coefficient (Wildman–Crippen LogP) is 2.23. The van der Waals surface area contributed by atoms with E-state index in [0.717, 1.165) is 5.56 Å². The number of fused-ring (bicyclic) bond motifs is 1. The molecule has 7 nitrogen and oxygen atoms in total. The number of carbonyl (C=O) groups is 2. The number of para-hydroxylation sites is 1. The van der Waals surface area contributed by atoms with Gasteiger partial charge in [0.2, 0.25) is 0 Å². The van der Waals surface area contributed by atoms with Crippen LogP contribution in [0, 0.1) is 0 Å². The normalized spacial score (nSPS) is 12.3. The van der Waals surface area contributed by atoms with Gasteiger partial charge in [-0.3, -0.25) is 9.78 Å². The van der Waals surface area contributed by atoms with Crippen molar-refractivity contribution >= 4 is 18.0 Å². The zero-order valence-corrected chi connectivity index (χ0v) is 14.9. The molecule has 0 spiro atoms. The maximum atomic E-state index is 12.2. The van der Waals surface area contributed by atoms with Crippen LogP contribution in [0.4, 0.5) is 0 Å². The molecular weight excluding hydrogens is 348 g/mol. The summed E-state index contributed by atoms with van der Waals surface area (Å²) in [5, 5.41) is 2.68. The van der Waals surface area contributed by atoms with E-state index in [4.69, 9.17) is 14.2 Å². The Morgan fingerprint density at radius 1 is 1.22 bits per heavy atom. The first-order chi connectivity index (χ1) is 13.2. The number of aromatic nitrogens is 1. The summed E-state index contributed by atoms with van der Waals surface area (Å²) in [6.07, 6.45) is 4.82. The van der Waals surface area contributed by atoms with Gasteiger partial charge in [0.05, 0.1) is 18.7 Å². The molecule has 0 saturated heterocycles. The van der Waals surface area contributed by atoms with Gasteiger partial charge in [-0.05, 0) is 31.2 Å². The number of nitrogens with zero attached hydrogens (tertiary/aromatic N) is 1. The number of nitrogens with one attached hydrogen (secondary N) is 1. The number of carbonyl (C=O) groups excluding carboxylic acids is 2. The van der Waals surface area contributed by atoms with Gasteiger partial charge in [0.25, 0.3) is 5.91 Å². The molecule has 7 heteroatoms. The van der Waals surface area contributed by atoms with Crippen LogP contribution in [0.1, 0.15) is 22.8 Å². The van der Waals surface area contributed by atoms with Crippen molar-refractivity contribution in [2.24, 2.45) is 0 Å². The average Bonchev–Trinajstić information content (AvgIpc) is 2.71. The third-order valence-corrected chi connectivity index (χ3v) is 3.84. The summed E-state index contributed by atoms with van der Waals surface area (Å²) in [5.41, 5.74) is 1.68. The molecule has 0 fully saturated rings. The monoisotopic (exact) mass is 368 g/mol. The van der Waals surface area contributed by atoms with Crippen LogP contribution in [0.5, 0.6) is 11.5 Å². The fraction of sp³-hybridized carbons (Fsp3) is 0.250. The minimum absolute atomic E-state index is 0.0683. The van der Waals surface area contributed by atoms with Crippen molar-refractivity contribution in [3.05, 3.63) is 59.4 Å². The van der Waals surface area contributed by atoms with Crippen LogP contribution in [0.15, 0.2) is 48.3 Å². The van der Waals surface area contributed by atoms with E-state index >= 15 is 0 Å². The molecule has 1 N–H and O–H groups in total. The van der Waals surface area contributed by atoms with Crippen LogP contribution in [0.2, 0.25) is 0 Å². The lowest BCUT2D eigenvalue weighted by Gasteiger charge is -2.19. The van der Waals surface area contributed by atoms with Crippen LogP contribution in [0.3, 0.4) is 0 Å². The Morgan fingerprint density at radius 2 is 2.04 bits per heavy atom. The first-order valence-electron chi connectivity index (χ1n) is 8.63. The summed E-state index contributed by atoms with van der Waals surface area (Å²) >= 11 is 0. The van der Waals surface area contributed by atoms with E-state index in [2.05, 4.69) is 10.3 Å². The smallest absolute Gasteiger partial charge is 0.337 e. The number of esters is 1. The molecule has 3 rings (SSSR count). The molecule has 1 aromatic heterocycles. The largest absolute Gasteiger partial charge is 0.490 e. The van der Waals surface area contributed by atoms with Crippen molar-refractivity contribution in [3.63, 3.8) is 0 Å². The van der Waals surface area contributed by atoms with Crippen LogP contribution in [0.25, 0.3) is 6.08 Å². The highest BCUT2D eigenvalue weighted by Crippen LogP contribution is 2.35. The van der Waals surface area contributed by atoms with Gasteiger partial charge in [-0.2, -0.15) is 0 Å². The number of pyridine rings is 1. The first kappa shape index (κ1) is 18.4. The van der Waals surface area contributed by atoms with Crippen LogP contribution in [-0.4, -0.2) is 43.2 Å². The fourth-order valence-electron chi connectivity index (χ4n) is 2.57. The Hall–Kier alpha value is -3.35. The van der Waals surface area contributed by atoms with E-state index in [9.17, 15) is 9.59 Å². The minimum atomic E-state index is -0.472. The number of hydrogen-bond donors (Lipinski definition) is 1. The molecule has 1 aromatic carbocycles. The highest BCUT2D eigenvalue weighted by molar-refractivity contribution is 5.96. The van der Waals surface area contributed by atoms with Crippen molar-refractivity contribution in [2.75, 3.05) is 26.4 Å². The summed E-state index contributed by atoms with van der Waals surface area (Å²) in [7, 11) is 0. The van der Waals surface area contributed by atoms with Crippen LogP contribution >= 0.6 is 0 Å². The summed E-state index contributed by atoms with van der Waals surface area (Å²) in [6, 6.07) is 8.73. The number of ether oxygens (including phenoxy) is 3. The van der Waals surface area contributed by atoms with E-state index in [1.54, 1.807) is 30.6 Å². The highest BCUT2D eigenvalue weighted by Gasteiger charge is 2.21. The lowest BCUT2D eigenvalue weighted by atomic mass is 10.1. The van der Waals surface area contributed by atoms with Crippen molar-refractivity contribution in [1.29, 1.82) is 0 Å². The summed E-state index contributed by atoms with van der Waals surface area (Å²) in [6.45, 7) is 2.82. The summed E-state index contributed by atoms with van der Waals surface area (Å²) in [4.78, 5) is 28.0. The molecule has 1 amide bonds. The molecule has 2 aromatic rings. The Bertz CT molecular complexity index is 849. The lowest BCUT2D eigenvalue weighted by Crippen LogP contribution is -2.28. The third-order valence-electron chi connectivity index (χ3n) is 3.84. The molecule has 0 unspecified atom stereocenters. The van der Waals surface area contributed by atoms with E-state index in [0.29, 0.717) is 29.2 Å². The zero-order valence-electron chi connectivity index (χ0n) is 14.9. The van der Waals surface area contributed by atoms with E-state index in [1.165, 1.54) is 0 Å². The SMILES string of the molecule is CCOc1cccc2c1OCC(C(=O)OCCNC(=O)c1ccncc1)=C2. The maximum Gasteiger partial charge on any atom is 0.337 e. The van der Waals surface area contributed by atoms with Gasteiger partial charge < -0.3 is 19.5 Å². The topological polar surface area (TPSA) is 86.8 Å². The molecule has 1 aliphatic heterocycles. The Labute approximate surface area is 157 Å². The molecule has 140 valence electrons. The quantitative estimate of drug-likeness (QED) is 0.596. The van der Waals surface area contributed by atoms with E-state index in [1.807, 2.05) is 25.1 Å². The van der Waals surface area contributed by atoms with E-state index in [-0.39, 0.29) is 25.7 Å². The van der Waals surface area contributed by atoms with Crippen molar-refractivity contribution in [2.45, 2.75) is 6.92 Å². The minimum Gasteiger partial charge on any atom is -0.490 e. The summed E-state index contributed by atoms with van der Waals surface area (Å²) in [5.74, 6) is 0.560. The number of hydrogen-bond acceptors (Lipinski definition) is 6. The van der Waals surface area contributed by atoms with Gasteiger partial charge in [-0.15, -0.1) is 0 Å². The maximum absolute atomic E-state index is 12.2. The fourth-order valence-corrected chi connectivity index (χ4v) is 2.57. The highest BCUT2D eigenvalue weighted by atomic mass is 16.5. The molecular formula is C20H20N2O5. The molecule has 2 heterocycles. The number of amides is 1. The zero-order chi connectivity index (χ0) is 19.1. The molecule has 0 aliphatic carbocycles. The Kier molecular flexibility index (Phi) is 6.04. The molecule has 0 radical (unpaired) electrons. The lowest BCUT2D eigenvalue weighted by molar-refractivity contribution is -0.139. The first-order valence-corrected chi connectivity index (χ1v) is 8.63. The second-order valence-corrected chi connectivity index (χ2v) is 5.69. The van der Waals surface area contributed by atoms with Gasteiger partial charge in [-0.1, -0.05) is 12.1 Å². The van der Waals surface area contributed by atoms with Gasteiger partial charge in [0.15, 0.2) is 11.5 Å². The van der Waals surface area contributed by atoms with Crippen molar-refractivity contribution < 1.29 is 23.8 Å². The predicted molar refractivity (Wildman–Crippen MR) is 98.6 cm³/mol. The molecule has 27 heavy (non-hydrogen) atoms. The van der Waals surface area contributed by atoms with Crippen molar-refractivity contribution in [1.82, 2.24) is 10.3 Å². The standard InChI is InChI=1S/C20H20N2O5/c1-2-25-17-5-3-4-15-12-16(13-27-18(15)17)20(24)26-11-10-22-19(23)14-6-8-21-9-7-14/h3-9,12H,2,10-11,13H2,1H3,(H,22,23). The number of benzene rings is 1. The Balaban J connectivity index is 1.52. The second kappa shape index (κ2) is 8.84. The van der Waals surface area contributed by atoms with Gasteiger partial charge >= 0.3 is 5.97 Å². The molecule has 0 saturated carbocycles. The number of rotatable bonds is 7. The third kappa shape index (κ3) is 4.63. The van der Waals surface area contributed by atoms with Crippen LogP contribution < -0.4 is 14.8 Å². The summed E-state index contributed by atoms with van der Waals surface area (Å²) < 4.78 is 16.4. The Morgan fingerprint density at radius 3 is 2.81 bits per heavy atom. The molecule has 0 atom stereocenters.